The van der Waals surface area contributed by atoms with Crippen molar-refractivity contribution in [2.75, 3.05) is 44.6 Å². The van der Waals surface area contributed by atoms with Crippen LogP contribution in [-0.2, 0) is 19.7 Å². The molecule has 0 spiro atoms. The van der Waals surface area contributed by atoms with Gasteiger partial charge in [-0.25, -0.2) is 4.68 Å². The molecule has 1 N–H and O–H groups in total. The molecule has 3 heterocycles. The highest BCUT2D eigenvalue weighted by Gasteiger charge is 2.40. The molecule has 41 heavy (non-hydrogen) atoms. The summed E-state index contributed by atoms with van der Waals surface area (Å²) in [6.07, 6.45) is 1.92. The summed E-state index contributed by atoms with van der Waals surface area (Å²) in [5.74, 6) is 1.85. The van der Waals surface area contributed by atoms with Crippen LogP contribution in [0.2, 0.25) is 0 Å². The standard InChI is InChI=1S/C31H38N4O5S/c1-31(2,3)29-27-28(23-10-6-7-11-24(23)39-5)41-19-26(37)34(18-25(36)32-17-22-9-8-16-40-22)30(27)35(33-29)20-12-14-21(38-4)15-13-20/h6-7,10-15,22,28H,8-9,16-19H2,1-5H3,(H,32,36)/t22-,28-/m1/s1. The number of methoxy groups -OCH3 is 2. The quantitative estimate of drug-likeness (QED) is 0.416. The van der Waals surface area contributed by atoms with Crippen LogP contribution in [0.4, 0.5) is 5.82 Å². The van der Waals surface area contributed by atoms with Crippen molar-refractivity contribution in [1.29, 1.82) is 0 Å². The second-order valence-corrected chi connectivity index (χ2v) is 12.4. The average Bonchev–Trinajstić information content (AvgIpc) is 3.61. The van der Waals surface area contributed by atoms with Crippen LogP contribution < -0.4 is 19.7 Å². The molecule has 2 aromatic carbocycles. The lowest BCUT2D eigenvalue weighted by molar-refractivity contribution is -0.123. The van der Waals surface area contributed by atoms with Crippen molar-refractivity contribution in [3.63, 3.8) is 0 Å². The van der Waals surface area contributed by atoms with Gasteiger partial charge in [-0.3, -0.25) is 14.5 Å². The molecule has 2 aliphatic rings. The summed E-state index contributed by atoms with van der Waals surface area (Å²) < 4.78 is 18.6. The Kier molecular flexibility index (Phi) is 8.60. The van der Waals surface area contributed by atoms with Gasteiger partial charge in [-0.15, -0.1) is 11.8 Å². The van der Waals surface area contributed by atoms with Crippen LogP contribution in [0.15, 0.2) is 48.5 Å². The predicted molar refractivity (Wildman–Crippen MR) is 160 cm³/mol. The number of ether oxygens (including phenoxy) is 3. The monoisotopic (exact) mass is 578 g/mol. The first-order valence-electron chi connectivity index (χ1n) is 13.9. The number of aromatic nitrogens is 2. The van der Waals surface area contributed by atoms with Crippen LogP contribution in [0.3, 0.4) is 0 Å². The minimum atomic E-state index is -0.357. The largest absolute Gasteiger partial charge is 0.497 e. The minimum Gasteiger partial charge on any atom is -0.497 e. The predicted octanol–water partition coefficient (Wildman–Crippen LogP) is 4.65. The lowest BCUT2D eigenvalue weighted by atomic mass is 9.87. The summed E-state index contributed by atoms with van der Waals surface area (Å²) in [4.78, 5) is 28.7. The lowest BCUT2D eigenvalue weighted by Crippen LogP contribution is -2.44. The van der Waals surface area contributed by atoms with E-state index in [1.54, 1.807) is 23.8 Å². The SMILES string of the molecule is COc1ccc(-n2nc(C(C)(C)C)c3c2N(CC(=O)NC[C@H]2CCCO2)C(=O)CS[C@@H]3c2ccccc2OC)cc1. The van der Waals surface area contributed by atoms with E-state index >= 15 is 0 Å². The highest BCUT2D eigenvalue weighted by molar-refractivity contribution is 8.00. The number of rotatable bonds is 8. The van der Waals surface area contributed by atoms with Crippen LogP contribution in [-0.4, -0.2) is 67.4 Å². The third-order valence-electron chi connectivity index (χ3n) is 7.39. The van der Waals surface area contributed by atoms with Crippen LogP contribution in [0, 0.1) is 0 Å². The summed E-state index contributed by atoms with van der Waals surface area (Å²) in [6.45, 7) is 7.36. The Labute approximate surface area is 245 Å². The minimum absolute atomic E-state index is 0.0112. The summed E-state index contributed by atoms with van der Waals surface area (Å²) in [7, 11) is 3.28. The van der Waals surface area contributed by atoms with E-state index in [0.29, 0.717) is 24.7 Å². The molecule has 0 unspecified atom stereocenters. The van der Waals surface area contributed by atoms with E-state index in [9.17, 15) is 9.59 Å². The number of carbonyl (C=O) groups is 2. The molecule has 2 amide bonds. The number of benzene rings is 2. The van der Waals surface area contributed by atoms with Crippen molar-refractivity contribution in [1.82, 2.24) is 15.1 Å². The first kappa shape index (κ1) is 29.0. The number of hydrogen-bond donors (Lipinski definition) is 1. The van der Waals surface area contributed by atoms with Gasteiger partial charge >= 0.3 is 0 Å². The number of nitrogens with zero attached hydrogens (tertiary/aromatic N) is 3. The average molecular weight is 579 g/mol. The van der Waals surface area contributed by atoms with Gasteiger partial charge in [-0.05, 0) is 43.2 Å². The van der Waals surface area contributed by atoms with Gasteiger partial charge in [0.15, 0.2) is 0 Å². The van der Waals surface area contributed by atoms with Gasteiger partial charge in [0.25, 0.3) is 0 Å². The molecule has 0 radical (unpaired) electrons. The van der Waals surface area contributed by atoms with Gasteiger partial charge < -0.3 is 19.5 Å². The zero-order chi connectivity index (χ0) is 29.1. The molecule has 1 aromatic heterocycles. The van der Waals surface area contributed by atoms with Crippen molar-refractivity contribution in [2.24, 2.45) is 0 Å². The third-order valence-corrected chi connectivity index (χ3v) is 8.63. The second kappa shape index (κ2) is 12.2. The number of thioether (sulfide) groups is 1. The summed E-state index contributed by atoms with van der Waals surface area (Å²) in [5, 5.41) is 7.88. The fourth-order valence-corrected chi connectivity index (χ4v) is 6.56. The number of fused-ring (bicyclic) bond motifs is 1. The van der Waals surface area contributed by atoms with Crippen LogP contribution in [0.1, 0.15) is 55.7 Å². The number of carbonyl (C=O) groups excluding carboxylic acids is 2. The van der Waals surface area contributed by atoms with Gasteiger partial charge in [-0.1, -0.05) is 39.0 Å². The second-order valence-electron chi connectivity index (χ2n) is 11.3. The molecule has 2 atom stereocenters. The number of para-hydroxylation sites is 1. The van der Waals surface area contributed by atoms with Crippen molar-refractivity contribution < 1.29 is 23.8 Å². The molecule has 0 aliphatic carbocycles. The first-order valence-corrected chi connectivity index (χ1v) is 15.0. The smallest absolute Gasteiger partial charge is 0.240 e. The zero-order valence-corrected chi connectivity index (χ0v) is 25.1. The lowest BCUT2D eigenvalue weighted by Gasteiger charge is -2.25. The highest BCUT2D eigenvalue weighted by atomic mass is 32.2. The van der Waals surface area contributed by atoms with E-state index in [4.69, 9.17) is 19.3 Å². The van der Waals surface area contributed by atoms with Gasteiger partial charge in [0.05, 0.1) is 42.7 Å². The molecule has 2 aliphatic heterocycles. The Balaban J connectivity index is 1.67. The van der Waals surface area contributed by atoms with Crippen molar-refractivity contribution in [3.05, 3.63) is 65.4 Å². The Hall–Kier alpha value is -3.50. The van der Waals surface area contributed by atoms with Gasteiger partial charge in [-0.2, -0.15) is 5.10 Å². The maximum atomic E-state index is 13.9. The highest BCUT2D eigenvalue weighted by Crippen LogP contribution is 2.50. The number of anilines is 1. The van der Waals surface area contributed by atoms with Gasteiger partial charge in [0, 0.05) is 29.7 Å². The van der Waals surface area contributed by atoms with Crippen LogP contribution in [0.25, 0.3) is 5.69 Å². The molecule has 3 aromatic rings. The molecule has 5 rings (SSSR count). The molecular formula is C31H38N4O5S. The van der Waals surface area contributed by atoms with E-state index in [1.165, 1.54) is 11.8 Å². The summed E-state index contributed by atoms with van der Waals surface area (Å²) in [5.41, 5.74) is 3.12. The van der Waals surface area contributed by atoms with E-state index in [2.05, 4.69) is 26.1 Å². The number of amides is 2. The van der Waals surface area contributed by atoms with Gasteiger partial charge in [0.2, 0.25) is 11.8 Å². The molecule has 0 bridgehead atoms. The van der Waals surface area contributed by atoms with Crippen molar-refractivity contribution >= 4 is 29.4 Å². The Morgan fingerprint density at radius 1 is 1.12 bits per heavy atom. The van der Waals surface area contributed by atoms with Gasteiger partial charge in [0.1, 0.15) is 23.9 Å². The zero-order valence-electron chi connectivity index (χ0n) is 24.3. The third kappa shape index (κ3) is 6.08. The molecule has 1 saturated heterocycles. The fourth-order valence-electron chi connectivity index (χ4n) is 5.34. The maximum Gasteiger partial charge on any atom is 0.240 e. The Bertz CT molecular complexity index is 1390. The molecule has 218 valence electrons. The summed E-state index contributed by atoms with van der Waals surface area (Å²) in [6, 6.07) is 15.4. The van der Waals surface area contributed by atoms with Crippen LogP contribution in [0.5, 0.6) is 11.5 Å². The van der Waals surface area contributed by atoms with Crippen molar-refractivity contribution in [3.8, 4) is 17.2 Å². The van der Waals surface area contributed by atoms with E-state index in [-0.39, 0.29) is 40.9 Å². The first-order chi connectivity index (χ1) is 19.7. The molecule has 9 nitrogen and oxygen atoms in total. The van der Waals surface area contributed by atoms with E-state index in [1.807, 2.05) is 48.5 Å². The maximum absolute atomic E-state index is 13.9. The van der Waals surface area contributed by atoms with E-state index < -0.39 is 0 Å². The fraction of sp³-hybridized carbons (Fsp3) is 0.452. The Morgan fingerprint density at radius 3 is 2.54 bits per heavy atom. The van der Waals surface area contributed by atoms with Crippen LogP contribution >= 0.6 is 11.8 Å². The molecular weight excluding hydrogens is 540 g/mol. The number of nitrogens with one attached hydrogen (secondary N) is 1. The van der Waals surface area contributed by atoms with E-state index in [0.717, 1.165) is 41.1 Å². The topological polar surface area (TPSA) is 94.9 Å². The Morgan fingerprint density at radius 2 is 1.88 bits per heavy atom. The normalized spacial score (nSPS) is 19.0. The number of hydrogen-bond acceptors (Lipinski definition) is 7. The molecule has 10 heteroatoms. The molecule has 0 saturated carbocycles. The van der Waals surface area contributed by atoms with Crippen molar-refractivity contribution in [2.45, 2.75) is 50.4 Å². The molecule has 1 fully saturated rings. The summed E-state index contributed by atoms with van der Waals surface area (Å²) >= 11 is 1.53.